The highest BCUT2D eigenvalue weighted by Gasteiger charge is 2.32. The highest BCUT2D eigenvalue weighted by Crippen LogP contribution is 2.32. The van der Waals surface area contributed by atoms with Crippen molar-refractivity contribution < 1.29 is 22.7 Å². The van der Waals surface area contributed by atoms with E-state index in [2.05, 4.69) is 10.3 Å². The summed E-state index contributed by atoms with van der Waals surface area (Å²) in [6, 6.07) is 0.917. The van der Waals surface area contributed by atoms with E-state index in [0.717, 1.165) is 6.07 Å². The van der Waals surface area contributed by atoms with Gasteiger partial charge in [-0.3, -0.25) is 0 Å². The average molecular weight is 298 g/mol. The van der Waals surface area contributed by atoms with Crippen molar-refractivity contribution >= 4 is 11.5 Å². The van der Waals surface area contributed by atoms with Gasteiger partial charge in [0.2, 0.25) is 0 Å². The van der Waals surface area contributed by atoms with Gasteiger partial charge in [-0.25, -0.2) is 9.78 Å². The summed E-state index contributed by atoms with van der Waals surface area (Å²) in [6.07, 6.45) is 0.987. The Morgan fingerprint density at radius 2 is 2.24 bits per heavy atom. The minimum absolute atomic E-state index is 0.112. The van der Waals surface area contributed by atoms with Crippen molar-refractivity contribution in [3.8, 4) is 0 Å². The summed E-state index contributed by atoms with van der Waals surface area (Å²) in [6.45, 7) is 2.20. The predicted octanol–water partition coefficient (Wildman–Crippen LogP) is 2.78. The highest BCUT2D eigenvalue weighted by atomic mass is 19.4. The lowest BCUT2D eigenvalue weighted by Crippen LogP contribution is -2.15. The second kappa shape index (κ2) is 5.99. The first-order valence-electron chi connectivity index (χ1n) is 6.28. The number of halogens is 3. The van der Waals surface area contributed by atoms with Crippen LogP contribution in [-0.2, 0) is 10.9 Å². The topological polar surface area (TPSA) is 51.2 Å². The first-order valence-corrected chi connectivity index (χ1v) is 6.28. The molecule has 4 nitrogen and oxygen atoms in total. The van der Waals surface area contributed by atoms with Crippen molar-refractivity contribution in [3.63, 3.8) is 0 Å². The number of pyridine rings is 1. The third kappa shape index (κ3) is 3.42. The van der Waals surface area contributed by atoms with E-state index in [-0.39, 0.29) is 17.9 Å². The normalized spacial score (nSPS) is 14.4. The van der Waals surface area contributed by atoms with Crippen molar-refractivity contribution in [2.45, 2.75) is 13.1 Å². The molecule has 112 valence electrons. The molecule has 21 heavy (non-hydrogen) atoms. The third-order valence-electron chi connectivity index (χ3n) is 2.82. The fourth-order valence-corrected chi connectivity index (χ4v) is 1.86. The van der Waals surface area contributed by atoms with Gasteiger partial charge in [-0.2, -0.15) is 13.2 Å². The van der Waals surface area contributed by atoms with Gasteiger partial charge in [0.15, 0.2) is 5.69 Å². The molecule has 2 heterocycles. The van der Waals surface area contributed by atoms with E-state index in [1.165, 1.54) is 0 Å². The van der Waals surface area contributed by atoms with Gasteiger partial charge < -0.3 is 10.1 Å². The number of carbonyl (C=O) groups excluding carboxylic acids is 1. The van der Waals surface area contributed by atoms with E-state index in [0.29, 0.717) is 18.3 Å². The second-order valence-electron chi connectivity index (χ2n) is 4.24. The molecule has 1 aromatic heterocycles. The fourth-order valence-electron chi connectivity index (χ4n) is 1.86. The Labute approximate surface area is 119 Å². The first-order chi connectivity index (χ1) is 9.93. The fraction of sp³-hybridized carbons (Fsp3) is 0.286. The maximum Gasteiger partial charge on any atom is 0.417 e. The molecule has 1 aliphatic rings. The van der Waals surface area contributed by atoms with Crippen LogP contribution in [-0.4, -0.2) is 24.1 Å². The second-order valence-corrected chi connectivity index (χ2v) is 4.24. The lowest BCUT2D eigenvalue weighted by Gasteiger charge is -2.14. The molecule has 0 aliphatic carbocycles. The van der Waals surface area contributed by atoms with Crippen LogP contribution in [0.3, 0.4) is 0 Å². The minimum Gasteiger partial charge on any atom is -0.461 e. The van der Waals surface area contributed by atoms with Gasteiger partial charge in [-0.15, -0.1) is 0 Å². The highest BCUT2D eigenvalue weighted by molar-refractivity contribution is 5.95. The van der Waals surface area contributed by atoms with Crippen LogP contribution in [0.1, 0.15) is 28.5 Å². The number of esters is 1. The van der Waals surface area contributed by atoms with E-state index in [9.17, 15) is 18.0 Å². The molecule has 2 rings (SSSR count). The summed E-state index contributed by atoms with van der Waals surface area (Å²) in [5.74, 6) is -0.742. The van der Waals surface area contributed by atoms with E-state index in [1.807, 2.05) is 0 Å². The van der Waals surface area contributed by atoms with Crippen LogP contribution in [0.5, 0.6) is 0 Å². The molecule has 1 aromatic rings. The smallest absolute Gasteiger partial charge is 0.417 e. The molecular weight excluding hydrogens is 285 g/mol. The number of ether oxygens (including phenoxy) is 1. The maximum atomic E-state index is 12.8. The molecule has 0 fully saturated rings. The van der Waals surface area contributed by atoms with Crippen molar-refractivity contribution in [1.82, 2.24) is 10.3 Å². The molecule has 0 bridgehead atoms. The van der Waals surface area contributed by atoms with Gasteiger partial charge in [0.25, 0.3) is 0 Å². The van der Waals surface area contributed by atoms with Crippen molar-refractivity contribution in [1.29, 1.82) is 0 Å². The van der Waals surface area contributed by atoms with E-state index in [4.69, 9.17) is 4.74 Å². The number of dihydropyridines is 1. The SMILES string of the molecule is CCOC(=O)c1ncc(C(F)(F)F)cc1C1=CCNC=C1. The monoisotopic (exact) mass is 298 g/mol. The van der Waals surface area contributed by atoms with Crippen LogP contribution in [0.15, 0.2) is 30.6 Å². The summed E-state index contributed by atoms with van der Waals surface area (Å²) in [5.41, 5.74) is -0.419. The third-order valence-corrected chi connectivity index (χ3v) is 2.82. The summed E-state index contributed by atoms with van der Waals surface area (Å²) in [4.78, 5) is 15.5. The molecule has 0 atom stereocenters. The van der Waals surface area contributed by atoms with Gasteiger partial charge in [0, 0.05) is 18.3 Å². The van der Waals surface area contributed by atoms with Crippen molar-refractivity contribution in [2.75, 3.05) is 13.2 Å². The van der Waals surface area contributed by atoms with Crippen LogP contribution >= 0.6 is 0 Å². The molecule has 0 saturated carbocycles. The summed E-state index contributed by atoms with van der Waals surface area (Å²) in [5, 5.41) is 2.89. The Morgan fingerprint density at radius 3 is 2.81 bits per heavy atom. The summed E-state index contributed by atoms with van der Waals surface area (Å²) < 4.78 is 43.3. The zero-order valence-electron chi connectivity index (χ0n) is 11.2. The molecule has 0 saturated heterocycles. The van der Waals surface area contributed by atoms with Gasteiger partial charge in [0.05, 0.1) is 12.2 Å². The van der Waals surface area contributed by atoms with Crippen LogP contribution in [0.4, 0.5) is 13.2 Å². The number of aromatic nitrogens is 1. The number of rotatable bonds is 3. The van der Waals surface area contributed by atoms with Crippen molar-refractivity contribution in [2.24, 2.45) is 0 Å². The first kappa shape index (κ1) is 15.1. The minimum atomic E-state index is -4.52. The Kier molecular flexibility index (Phi) is 4.30. The molecule has 0 radical (unpaired) electrons. The number of hydrogen-bond donors (Lipinski definition) is 1. The zero-order chi connectivity index (χ0) is 15.5. The number of nitrogens with zero attached hydrogens (tertiary/aromatic N) is 1. The Balaban J connectivity index is 2.52. The lowest BCUT2D eigenvalue weighted by molar-refractivity contribution is -0.137. The summed E-state index contributed by atoms with van der Waals surface area (Å²) in [7, 11) is 0. The molecule has 1 aliphatic heterocycles. The molecule has 0 spiro atoms. The summed E-state index contributed by atoms with van der Waals surface area (Å²) >= 11 is 0. The van der Waals surface area contributed by atoms with Crippen LogP contribution in [0.2, 0.25) is 0 Å². The van der Waals surface area contributed by atoms with Crippen LogP contribution < -0.4 is 5.32 Å². The van der Waals surface area contributed by atoms with E-state index >= 15 is 0 Å². The van der Waals surface area contributed by atoms with Crippen LogP contribution in [0.25, 0.3) is 5.57 Å². The van der Waals surface area contributed by atoms with Crippen molar-refractivity contribution in [3.05, 3.63) is 47.4 Å². The predicted molar refractivity (Wildman–Crippen MR) is 70.3 cm³/mol. The molecular formula is C14H13F3N2O2. The molecule has 0 amide bonds. The van der Waals surface area contributed by atoms with Gasteiger partial charge in [0.1, 0.15) is 0 Å². The maximum absolute atomic E-state index is 12.8. The van der Waals surface area contributed by atoms with Gasteiger partial charge >= 0.3 is 12.1 Å². The zero-order valence-corrected chi connectivity index (χ0v) is 11.2. The Bertz CT molecular complexity index is 607. The number of nitrogens with one attached hydrogen (secondary N) is 1. The van der Waals surface area contributed by atoms with Gasteiger partial charge in [-0.1, -0.05) is 6.08 Å². The Morgan fingerprint density at radius 1 is 1.48 bits per heavy atom. The number of allylic oxidation sites excluding steroid dienone is 2. The van der Waals surface area contributed by atoms with Crippen LogP contribution in [0, 0.1) is 0 Å². The van der Waals surface area contributed by atoms with Gasteiger partial charge in [-0.05, 0) is 30.8 Å². The lowest BCUT2D eigenvalue weighted by atomic mass is 10.00. The largest absolute Gasteiger partial charge is 0.461 e. The van der Waals surface area contributed by atoms with E-state index < -0.39 is 17.7 Å². The molecule has 0 aromatic carbocycles. The number of alkyl halides is 3. The quantitative estimate of drug-likeness (QED) is 0.872. The van der Waals surface area contributed by atoms with E-state index in [1.54, 1.807) is 25.3 Å². The Hall–Kier alpha value is -2.31. The molecule has 7 heteroatoms. The number of carbonyl (C=O) groups is 1. The standard InChI is InChI=1S/C14H13F3N2O2/c1-2-21-13(20)12-11(9-3-5-18-6-4-9)7-10(8-19-12)14(15,16)17/h3-5,7-8,18H,2,6H2,1H3. The average Bonchev–Trinajstić information content (AvgIpc) is 2.47. The number of hydrogen-bond acceptors (Lipinski definition) is 4. The molecule has 1 N–H and O–H groups in total. The molecule has 0 unspecified atom stereocenters.